The first-order chi connectivity index (χ1) is 1.73. The van der Waals surface area contributed by atoms with E-state index in [4.69, 9.17) is 5.11 Å². The van der Waals surface area contributed by atoms with Crippen molar-refractivity contribution in [3.8, 4) is 0 Å². The molecule has 0 spiro atoms. The first kappa shape index (κ1) is 16.0. The van der Waals surface area contributed by atoms with Gasteiger partial charge in [0.25, 0.3) is 0 Å². The molecule has 0 bridgehead atoms. The molecule has 0 saturated carbocycles. The minimum absolute atomic E-state index is 0. The van der Waals surface area contributed by atoms with E-state index in [0.29, 0.717) is 0 Å². The minimum atomic E-state index is -0.167. The Morgan fingerprint density at radius 3 is 1.17 bits per heavy atom. The molecule has 0 aliphatic carbocycles. The third-order valence-electron chi connectivity index (χ3n) is 0. The summed E-state index contributed by atoms with van der Waals surface area (Å²) >= 11 is 0. The van der Waals surface area contributed by atoms with Gasteiger partial charge in [-0.15, -0.1) is 0 Å². The summed E-state index contributed by atoms with van der Waals surface area (Å²) in [6.45, 7) is 3.44. The molecule has 0 aromatic carbocycles. The van der Waals surface area contributed by atoms with Crippen molar-refractivity contribution in [2.24, 2.45) is 0 Å². The largest absolute Gasteiger partial charge is 0.394 e. The minimum Gasteiger partial charge on any atom is -0.394 e. The molecule has 0 atom stereocenters. The Labute approximate surface area is 116 Å². The first-order valence-corrected chi connectivity index (χ1v) is 1.41. The molecule has 3 heteroatoms. The molecule has 0 fully saturated rings. The van der Waals surface area contributed by atoms with Crippen molar-refractivity contribution in [2.75, 3.05) is 0 Å². The Bertz CT molecular complexity index is 13.5. The second-order valence-electron chi connectivity index (χ2n) is 1.09. The maximum absolute atomic E-state index is 8.06. The van der Waals surface area contributed by atoms with Crippen molar-refractivity contribution in [3.63, 3.8) is 0 Å². The fraction of sp³-hybridized carbons (Fsp3) is 1.00. The predicted molar refractivity (Wildman–Crippen MR) is 17.4 cm³/mol. The second kappa shape index (κ2) is 10.9. The smallest absolute Gasteiger partial charge is 0.0483 e. The van der Waals surface area contributed by atoms with E-state index < -0.39 is 0 Å². The fourth-order valence-corrected chi connectivity index (χ4v) is 0. The van der Waals surface area contributed by atoms with Gasteiger partial charge in [0, 0.05) is 100.0 Å². The van der Waals surface area contributed by atoms with Crippen LogP contribution in [0.25, 0.3) is 0 Å². The summed E-state index contributed by atoms with van der Waals surface area (Å²) in [6, 6.07) is 0. The number of hydrogen-bond donors (Lipinski definition) is 1. The molecular weight excluding hydrogens is 398 g/mol. The van der Waals surface area contributed by atoms with Gasteiger partial charge in [-0.2, -0.15) is 0 Å². The van der Waals surface area contributed by atoms with Crippen LogP contribution in [0.4, 0.5) is 0 Å². The maximum Gasteiger partial charge on any atom is 0.0483 e. The van der Waals surface area contributed by atoms with Crippen molar-refractivity contribution < 1.29 is 99.0 Å². The summed E-state index contributed by atoms with van der Waals surface area (Å²) in [6.07, 6.45) is -0.167. The molecule has 0 saturated heterocycles. The molecule has 0 aromatic heterocycles. The van der Waals surface area contributed by atoms with Crippen molar-refractivity contribution >= 4 is 0 Å². The van der Waals surface area contributed by atoms with Gasteiger partial charge in [-0.3, -0.25) is 0 Å². The molecule has 0 aromatic rings. The number of aliphatic hydroxyl groups excluding tert-OH is 1. The van der Waals surface area contributed by atoms with E-state index in [2.05, 4.69) is 0 Å². The summed E-state index contributed by atoms with van der Waals surface area (Å²) < 4.78 is 0. The molecule has 0 unspecified atom stereocenters. The zero-order valence-corrected chi connectivity index (χ0v) is 6.99. The van der Waals surface area contributed by atoms with E-state index >= 15 is 0 Å². The summed E-state index contributed by atoms with van der Waals surface area (Å²) in [7, 11) is 0. The molecule has 54 valence electrons. The summed E-state index contributed by atoms with van der Waals surface area (Å²) in [5, 5.41) is 8.06. The fourth-order valence-electron chi connectivity index (χ4n) is 0. The number of aliphatic hydroxyl groups is 1. The maximum atomic E-state index is 8.06. The van der Waals surface area contributed by atoms with Gasteiger partial charge in [0.1, 0.15) is 0 Å². The topological polar surface area (TPSA) is 20.2 Å². The Balaban J connectivity index is -0.0000000450. The quantitative estimate of drug-likeness (QED) is 0.618. The van der Waals surface area contributed by atoms with Gasteiger partial charge in [0.05, 0.1) is 0 Å². The van der Waals surface area contributed by atoms with Crippen LogP contribution in [0.1, 0.15) is 13.8 Å². The van der Waals surface area contributed by atoms with Crippen molar-refractivity contribution in [3.05, 3.63) is 0 Å². The third-order valence-corrected chi connectivity index (χ3v) is 0. The molecule has 6 heavy (non-hydrogen) atoms. The Kier molecular flexibility index (Phi) is 29.0. The van der Waals surface area contributed by atoms with Crippen molar-refractivity contribution in [1.29, 1.82) is 0 Å². The van der Waals surface area contributed by atoms with Crippen LogP contribution in [0.2, 0.25) is 0 Å². The Morgan fingerprint density at radius 2 is 1.17 bits per heavy atom. The van der Waals surface area contributed by atoms with Crippen LogP contribution in [0, 0.1) is 93.8 Å². The van der Waals surface area contributed by atoms with Gasteiger partial charge in [0.15, 0.2) is 0 Å². The molecule has 0 heterocycles. The van der Waals surface area contributed by atoms with E-state index in [-0.39, 0.29) is 100.0 Å². The van der Waals surface area contributed by atoms with Crippen LogP contribution in [0.3, 0.4) is 0 Å². The van der Waals surface area contributed by atoms with E-state index in [9.17, 15) is 0 Å². The monoisotopic (exact) mass is 408 g/mol. The van der Waals surface area contributed by atoms with Crippen molar-refractivity contribution in [2.45, 2.75) is 20.0 Å². The van der Waals surface area contributed by atoms with Gasteiger partial charge < -0.3 is 5.11 Å². The Hall–Kier alpha value is 3.00. The van der Waals surface area contributed by atoms with Gasteiger partial charge in [-0.05, 0) is 13.8 Å². The molecule has 0 amide bonds. The van der Waals surface area contributed by atoms with Crippen LogP contribution in [-0.4, -0.2) is 11.2 Å². The summed E-state index contributed by atoms with van der Waals surface area (Å²) in [5.41, 5.74) is 0. The summed E-state index contributed by atoms with van der Waals surface area (Å²) in [5.74, 6) is 0. The molecule has 0 rings (SSSR count). The number of rotatable bonds is 0. The molecular formula is C3H8OYb2. The van der Waals surface area contributed by atoms with E-state index in [1.54, 1.807) is 13.8 Å². The standard InChI is InChI=1S/C3H8O.2Yb/c1-3(2)4;;/h3-4H,1-2H3;;. The van der Waals surface area contributed by atoms with E-state index in [1.165, 1.54) is 0 Å². The van der Waals surface area contributed by atoms with Crippen molar-refractivity contribution in [1.82, 2.24) is 0 Å². The van der Waals surface area contributed by atoms with Gasteiger partial charge >= 0.3 is 0 Å². The summed E-state index contributed by atoms with van der Waals surface area (Å²) in [4.78, 5) is 0. The molecule has 1 N–H and O–H groups in total. The second-order valence-corrected chi connectivity index (χ2v) is 1.09. The third kappa shape index (κ3) is 28.0. The van der Waals surface area contributed by atoms with E-state index in [0.717, 1.165) is 0 Å². The number of hydrogen-bond acceptors (Lipinski definition) is 1. The first-order valence-electron chi connectivity index (χ1n) is 1.41. The predicted octanol–water partition coefficient (Wildman–Crippen LogP) is 0.387. The molecule has 0 aliphatic heterocycles. The van der Waals surface area contributed by atoms with Crippen LogP contribution >= 0.6 is 0 Å². The van der Waals surface area contributed by atoms with Crippen LogP contribution in [0.5, 0.6) is 0 Å². The zero-order valence-electron chi connectivity index (χ0n) is 3.56. The van der Waals surface area contributed by atoms with Gasteiger partial charge in [-0.1, -0.05) is 0 Å². The van der Waals surface area contributed by atoms with Crippen LogP contribution in [-0.2, 0) is 0 Å². The Morgan fingerprint density at radius 1 is 1.17 bits per heavy atom. The van der Waals surface area contributed by atoms with E-state index in [1.807, 2.05) is 0 Å². The molecule has 1 nitrogen and oxygen atoms in total. The average Bonchev–Trinajstić information content (AvgIpc) is 0.811. The zero-order chi connectivity index (χ0) is 3.58. The normalized spacial score (nSPS) is 6.00. The molecule has 0 radical (unpaired) electrons. The van der Waals surface area contributed by atoms with Gasteiger partial charge in [0.2, 0.25) is 0 Å². The molecule has 0 aliphatic rings. The van der Waals surface area contributed by atoms with Crippen LogP contribution < -0.4 is 0 Å². The van der Waals surface area contributed by atoms with Crippen LogP contribution in [0.15, 0.2) is 0 Å². The average molecular weight is 406 g/mol. The SMILES string of the molecule is CC(C)O.[Yb].[Yb]. The van der Waals surface area contributed by atoms with Gasteiger partial charge in [-0.25, -0.2) is 0 Å².